The number of nitrogens with zero attached hydrogens (tertiary/aromatic N) is 5. The van der Waals surface area contributed by atoms with Gasteiger partial charge >= 0.3 is 6.09 Å². The van der Waals surface area contributed by atoms with E-state index in [1.807, 2.05) is 4.68 Å². The van der Waals surface area contributed by atoms with Crippen LogP contribution in [0.5, 0.6) is 5.75 Å². The molecule has 2 aromatic carbocycles. The summed E-state index contributed by atoms with van der Waals surface area (Å²) in [5.74, 6) is 1.34. The van der Waals surface area contributed by atoms with Gasteiger partial charge < -0.3 is 24.8 Å². The van der Waals surface area contributed by atoms with Gasteiger partial charge in [0.2, 0.25) is 0 Å². The number of hydrogen-bond donors (Lipinski definition) is 2. The van der Waals surface area contributed by atoms with Crippen molar-refractivity contribution < 1.29 is 14.0 Å². The van der Waals surface area contributed by atoms with Gasteiger partial charge in [-0.15, -0.1) is 0 Å². The normalized spacial score (nSPS) is 13.3. The van der Waals surface area contributed by atoms with Crippen LogP contribution in [0.4, 0.5) is 10.6 Å². The highest BCUT2D eigenvalue weighted by Crippen LogP contribution is 2.47. The van der Waals surface area contributed by atoms with Gasteiger partial charge in [0.05, 0.1) is 24.2 Å². The van der Waals surface area contributed by atoms with Crippen molar-refractivity contribution >= 4 is 42.9 Å². The van der Waals surface area contributed by atoms with Crippen LogP contribution in [0.1, 0.15) is 115 Å². The second kappa shape index (κ2) is 17.6. The summed E-state index contributed by atoms with van der Waals surface area (Å²) < 4.78 is 14.3. The number of ether oxygens (including phenoxy) is 1. The zero-order valence-corrected chi connectivity index (χ0v) is 33.5. The molecule has 5 aromatic rings. The number of nitrogen functional groups attached to an aromatic ring is 1. The van der Waals surface area contributed by atoms with Gasteiger partial charge in [-0.05, 0) is 79.6 Å². The summed E-state index contributed by atoms with van der Waals surface area (Å²) >= 11 is 0. The van der Waals surface area contributed by atoms with Crippen LogP contribution >= 0.6 is 0 Å². The highest BCUT2D eigenvalue weighted by molar-refractivity contribution is 6.55. The number of nitrogens with one attached hydrogen (secondary N) is 1. The third-order valence-corrected chi connectivity index (χ3v) is 13.8. The quantitative estimate of drug-likeness (QED) is 0.0678. The van der Waals surface area contributed by atoms with Crippen molar-refractivity contribution in [1.29, 1.82) is 0 Å². The van der Waals surface area contributed by atoms with Crippen LogP contribution in [-0.2, 0) is 24.2 Å². The summed E-state index contributed by atoms with van der Waals surface area (Å²) in [7, 11) is -1.13. The zero-order chi connectivity index (χ0) is 37.4. The van der Waals surface area contributed by atoms with Crippen LogP contribution < -0.4 is 10.2 Å². The number of benzene rings is 2. The van der Waals surface area contributed by atoms with E-state index in [0.717, 1.165) is 63.8 Å². The van der Waals surface area contributed by atoms with Crippen LogP contribution in [0.3, 0.4) is 0 Å². The van der Waals surface area contributed by atoms with E-state index in [4.69, 9.17) is 20.0 Å². The molecule has 0 saturated carbocycles. The number of fused-ring (bicyclic) bond motifs is 3. The number of carbonyl (C=O) groups is 1. The van der Waals surface area contributed by atoms with Gasteiger partial charge in [0.15, 0.2) is 5.65 Å². The molecule has 1 aliphatic heterocycles. The summed E-state index contributed by atoms with van der Waals surface area (Å²) in [6.45, 7) is 13.6. The maximum Gasteiger partial charge on any atom is 0.410 e. The molecule has 0 aliphatic carbocycles. The van der Waals surface area contributed by atoms with Gasteiger partial charge in [-0.1, -0.05) is 90.8 Å². The fourth-order valence-electron chi connectivity index (χ4n) is 7.79. The monoisotopic (exact) mass is 736 g/mol. The summed E-state index contributed by atoms with van der Waals surface area (Å²) in [6.07, 6.45) is 15.1. The molecule has 0 atom stereocenters. The summed E-state index contributed by atoms with van der Waals surface area (Å²) in [6, 6.07) is 15.0. The molecule has 6 rings (SSSR count). The second-order valence-electron chi connectivity index (χ2n) is 14.9. The minimum atomic E-state index is -1.13. The standard InChI is InChI=1S/C42H58N7O3Si/c1-6-10-19-42(20-11-7-2,21-12-8-3)53(5)52-34-16-17-35-33(25-34)26-36(46-35)38-37-39(43)44-29-45-40(37)49(47-38)27-30-14-15-32-28-48(22-18-31(32)24-30)41(50)51-23-13-9-4/h14-17,24-26,29,46H,6-13,18-23,27-28H2,1-5H3,(H2,43,44,45). The lowest BCUT2D eigenvalue weighted by atomic mass is 9.89. The van der Waals surface area contributed by atoms with Crippen LogP contribution in [0.2, 0.25) is 11.6 Å². The molecule has 11 heteroatoms. The first-order valence-electron chi connectivity index (χ1n) is 19.9. The Hall–Kier alpha value is -4.38. The average Bonchev–Trinajstić information content (AvgIpc) is 3.76. The molecule has 0 bridgehead atoms. The van der Waals surface area contributed by atoms with Crippen molar-refractivity contribution in [3.63, 3.8) is 0 Å². The number of rotatable bonds is 18. The van der Waals surface area contributed by atoms with E-state index in [0.29, 0.717) is 37.7 Å². The first-order chi connectivity index (χ1) is 25.8. The molecular weight excluding hydrogens is 679 g/mol. The number of anilines is 1. The third kappa shape index (κ3) is 8.72. The van der Waals surface area contributed by atoms with Crippen LogP contribution in [0.25, 0.3) is 33.3 Å². The van der Waals surface area contributed by atoms with E-state index in [-0.39, 0.29) is 11.1 Å². The van der Waals surface area contributed by atoms with Gasteiger partial charge in [0.25, 0.3) is 9.04 Å². The van der Waals surface area contributed by atoms with Crippen molar-refractivity contribution in [2.75, 3.05) is 18.9 Å². The Kier molecular flexibility index (Phi) is 12.8. The lowest BCUT2D eigenvalue weighted by molar-refractivity contribution is 0.0966. The molecule has 1 radical (unpaired) electrons. The largest absolute Gasteiger partial charge is 0.542 e. The summed E-state index contributed by atoms with van der Waals surface area (Å²) in [5.41, 5.74) is 13.3. The number of hydrogen-bond acceptors (Lipinski definition) is 7. The van der Waals surface area contributed by atoms with E-state index >= 15 is 0 Å². The second-order valence-corrected chi connectivity index (χ2v) is 17.3. The summed E-state index contributed by atoms with van der Waals surface area (Å²) in [4.78, 5) is 26.9. The molecule has 0 fully saturated rings. The van der Waals surface area contributed by atoms with Gasteiger partial charge in [0.1, 0.15) is 23.6 Å². The molecule has 0 saturated heterocycles. The predicted octanol–water partition coefficient (Wildman–Crippen LogP) is 10.2. The lowest BCUT2D eigenvalue weighted by Gasteiger charge is -2.38. The Morgan fingerprint density at radius 2 is 1.66 bits per heavy atom. The van der Waals surface area contributed by atoms with Crippen molar-refractivity contribution in [3.8, 4) is 17.1 Å². The Bertz CT molecular complexity index is 1970. The minimum Gasteiger partial charge on any atom is -0.542 e. The number of H-pyrrole nitrogens is 1. The average molecular weight is 737 g/mol. The number of amides is 1. The molecule has 3 aromatic heterocycles. The van der Waals surface area contributed by atoms with Gasteiger partial charge in [-0.2, -0.15) is 5.10 Å². The van der Waals surface area contributed by atoms with E-state index in [9.17, 15) is 4.79 Å². The molecule has 1 amide bonds. The van der Waals surface area contributed by atoms with Crippen LogP contribution in [-0.4, -0.2) is 57.9 Å². The maximum atomic E-state index is 12.6. The van der Waals surface area contributed by atoms with Gasteiger partial charge in [-0.25, -0.2) is 19.4 Å². The first-order valence-corrected chi connectivity index (χ1v) is 21.8. The molecule has 0 unspecified atom stereocenters. The molecule has 53 heavy (non-hydrogen) atoms. The van der Waals surface area contributed by atoms with Crippen molar-refractivity contribution in [1.82, 2.24) is 29.6 Å². The highest BCUT2D eigenvalue weighted by Gasteiger charge is 2.39. The van der Waals surface area contributed by atoms with Crippen molar-refractivity contribution in [3.05, 3.63) is 65.5 Å². The maximum absolute atomic E-state index is 12.6. The number of aromatic nitrogens is 5. The third-order valence-electron chi connectivity index (χ3n) is 11.0. The topological polar surface area (TPSA) is 124 Å². The number of carbonyl (C=O) groups excluding carboxylic acids is 1. The molecule has 10 nitrogen and oxygen atoms in total. The SMILES string of the molecule is CCCCOC(=O)N1CCc2cc(Cn3nc(-c4cc5cc(O[Si](C)C(CCCC)(CCCC)CCCC)ccc5[nH]4)c4c(N)ncnc43)ccc2C1. The smallest absolute Gasteiger partial charge is 0.410 e. The molecule has 3 N–H and O–H groups in total. The molecule has 0 spiro atoms. The minimum absolute atomic E-state index is 0.230. The predicted molar refractivity (Wildman–Crippen MR) is 216 cm³/mol. The van der Waals surface area contributed by atoms with E-state index in [1.54, 1.807) is 4.90 Å². The molecule has 1 aliphatic rings. The number of unbranched alkanes of at least 4 members (excludes halogenated alkanes) is 4. The van der Waals surface area contributed by atoms with Crippen LogP contribution in [0, 0.1) is 0 Å². The fraction of sp³-hybridized carbons (Fsp3) is 0.524. The highest BCUT2D eigenvalue weighted by atomic mass is 28.3. The molecule has 283 valence electrons. The Morgan fingerprint density at radius 1 is 0.925 bits per heavy atom. The number of nitrogens with two attached hydrogens (primary N) is 1. The van der Waals surface area contributed by atoms with E-state index in [1.165, 1.54) is 69.7 Å². The Morgan fingerprint density at radius 3 is 2.38 bits per heavy atom. The number of aromatic amines is 1. The van der Waals surface area contributed by atoms with Crippen molar-refractivity contribution in [2.45, 2.75) is 129 Å². The summed E-state index contributed by atoms with van der Waals surface area (Å²) in [5, 5.41) is 7.18. The molecule has 4 heterocycles. The zero-order valence-electron chi connectivity index (χ0n) is 32.5. The van der Waals surface area contributed by atoms with E-state index < -0.39 is 9.04 Å². The van der Waals surface area contributed by atoms with Gasteiger partial charge in [-0.3, -0.25) is 0 Å². The fourth-order valence-corrected chi connectivity index (χ4v) is 10.1. The van der Waals surface area contributed by atoms with Crippen molar-refractivity contribution in [2.24, 2.45) is 0 Å². The Labute approximate surface area is 316 Å². The van der Waals surface area contributed by atoms with E-state index in [2.05, 4.69) is 91.7 Å². The molecular formula is C42H58N7O3Si. The lowest BCUT2D eigenvalue weighted by Crippen LogP contribution is -2.36. The Balaban J connectivity index is 1.23. The van der Waals surface area contributed by atoms with Crippen LogP contribution in [0.15, 0.2) is 48.8 Å². The first kappa shape index (κ1) is 38.3. The van der Waals surface area contributed by atoms with Gasteiger partial charge in [0, 0.05) is 29.0 Å².